The molecule has 0 saturated heterocycles. The molecule has 0 aromatic carbocycles. The number of aromatic nitrogens is 5. The summed E-state index contributed by atoms with van der Waals surface area (Å²) >= 11 is 0. The van der Waals surface area contributed by atoms with E-state index >= 15 is 0 Å². The molecule has 8 nitrogen and oxygen atoms in total. The first-order valence-corrected chi connectivity index (χ1v) is 6.90. The summed E-state index contributed by atoms with van der Waals surface area (Å²) in [6, 6.07) is 0. The average Bonchev–Trinajstić information content (AvgIpc) is 2.99. The summed E-state index contributed by atoms with van der Waals surface area (Å²) in [7, 11) is 1.58. The molecular weight excluding hydrogens is 286 g/mol. The number of aliphatic hydroxyl groups is 1. The summed E-state index contributed by atoms with van der Waals surface area (Å²) in [5, 5.41) is 9.17. The van der Waals surface area contributed by atoms with Gasteiger partial charge in [-0.3, -0.25) is 18.3 Å². The van der Waals surface area contributed by atoms with Crippen molar-refractivity contribution >= 4 is 16.9 Å². The normalized spacial score (nSPS) is 11.6. The predicted molar refractivity (Wildman–Crippen MR) is 82.2 cm³/mol. The van der Waals surface area contributed by atoms with Crippen LogP contribution in [0.5, 0.6) is 0 Å². The third-order valence-electron chi connectivity index (χ3n) is 3.78. The van der Waals surface area contributed by atoms with Crippen LogP contribution in [0.4, 0.5) is 0 Å². The first-order valence-electron chi connectivity index (χ1n) is 6.90. The molecule has 3 aromatic heterocycles. The Hall–Kier alpha value is -2.61. The molecule has 1 N–H and O–H groups in total. The topological polar surface area (TPSA) is 86.5 Å². The van der Waals surface area contributed by atoms with E-state index in [1.165, 1.54) is 10.6 Å². The summed E-state index contributed by atoms with van der Waals surface area (Å²) in [6.45, 7) is 5.94. The molecule has 0 atom stereocenters. The third-order valence-corrected chi connectivity index (χ3v) is 3.78. The minimum absolute atomic E-state index is 0.0337. The Balaban J connectivity index is 2.51. The van der Waals surface area contributed by atoms with Crippen molar-refractivity contribution in [3.05, 3.63) is 45.4 Å². The predicted octanol–water partition coefficient (Wildman–Crippen LogP) is -0.364. The number of rotatable bonds is 4. The van der Waals surface area contributed by atoms with Gasteiger partial charge in [-0.25, -0.2) is 4.79 Å². The largest absolute Gasteiger partial charge is 0.395 e. The fourth-order valence-corrected chi connectivity index (χ4v) is 2.72. The summed E-state index contributed by atoms with van der Waals surface area (Å²) < 4.78 is 5.96. The summed E-state index contributed by atoms with van der Waals surface area (Å²) in [5.74, 6) is 0.532. The first kappa shape index (κ1) is 14.3. The minimum Gasteiger partial charge on any atom is -0.395 e. The monoisotopic (exact) mass is 303 g/mol. The summed E-state index contributed by atoms with van der Waals surface area (Å²) in [4.78, 5) is 29.3. The summed E-state index contributed by atoms with van der Waals surface area (Å²) in [5.41, 5.74) is 0.730. The first-order chi connectivity index (χ1) is 10.5. The number of hydrogen-bond acceptors (Lipinski definition) is 4. The Kier molecular flexibility index (Phi) is 3.25. The van der Waals surface area contributed by atoms with Crippen molar-refractivity contribution in [2.45, 2.75) is 20.0 Å². The Bertz CT molecular complexity index is 1000. The SMILES string of the molecule is C=CCn1c(=O)c2c(nc3n(CCO)c(C)cn23)n(C)c1=O. The molecule has 3 heterocycles. The third kappa shape index (κ3) is 1.77. The maximum atomic E-state index is 12.6. The van der Waals surface area contributed by atoms with Gasteiger partial charge < -0.3 is 9.67 Å². The van der Waals surface area contributed by atoms with E-state index < -0.39 is 11.2 Å². The summed E-state index contributed by atoms with van der Waals surface area (Å²) in [6.07, 6.45) is 3.29. The minimum atomic E-state index is -0.427. The van der Waals surface area contributed by atoms with Gasteiger partial charge in [0.25, 0.3) is 5.56 Å². The van der Waals surface area contributed by atoms with Crippen molar-refractivity contribution in [3.8, 4) is 0 Å². The molecule has 116 valence electrons. The van der Waals surface area contributed by atoms with E-state index in [1.807, 2.05) is 11.5 Å². The Morgan fingerprint density at radius 1 is 1.36 bits per heavy atom. The maximum Gasteiger partial charge on any atom is 0.332 e. The van der Waals surface area contributed by atoms with Crippen LogP contribution < -0.4 is 11.2 Å². The molecule has 0 bridgehead atoms. The standard InChI is InChI=1S/C14H17N5O3/c1-4-5-18-12(21)10-11(16(3)14(18)22)15-13-17(6-7-20)9(2)8-19(10)13/h4,8,20H,1,5-7H2,2-3H3. The second kappa shape index (κ2) is 4.99. The van der Waals surface area contributed by atoms with E-state index in [0.717, 1.165) is 10.3 Å². The van der Waals surface area contributed by atoms with E-state index in [1.54, 1.807) is 17.6 Å². The fraction of sp³-hybridized carbons (Fsp3) is 0.357. The van der Waals surface area contributed by atoms with Crippen LogP contribution in [0, 0.1) is 6.92 Å². The molecule has 0 spiro atoms. The number of fused-ring (bicyclic) bond motifs is 3. The highest BCUT2D eigenvalue weighted by molar-refractivity contribution is 5.75. The molecule has 0 aliphatic heterocycles. The number of hydrogen-bond donors (Lipinski definition) is 1. The van der Waals surface area contributed by atoms with Gasteiger partial charge in [0, 0.05) is 32.0 Å². The van der Waals surface area contributed by atoms with Gasteiger partial charge >= 0.3 is 5.69 Å². The number of nitrogens with zero attached hydrogens (tertiary/aromatic N) is 5. The lowest BCUT2D eigenvalue weighted by Gasteiger charge is -2.05. The zero-order chi connectivity index (χ0) is 16.0. The van der Waals surface area contributed by atoms with E-state index in [9.17, 15) is 14.7 Å². The smallest absolute Gasteiger partial charge is 0.332 e. The Morgan fingerprint density at radius 2 is 2.09 bits per heavy atom. The van der Waals surface area contributed by atoms with Gasteiger partial charge in [0.15, 0.2) is 11.2 Å². The molecule has 0 aliphatic carbocycles. The van der Waals surface area contributed by atoms with Crippen LogP contribution in [-0.2, 0) is 20.1 Å². The Morgan fingerprint density at radius 3 is 2.73 bits per heavy atom. The highest BCUT2D eigenvalue weighted by Crippen LogP contribution is 2.15. The molecule has 8 heteroatoms. The van der Waals surface area contributed by atoms with Gasteiger partial charge in [0.05, 0.1) is 6.61 Å². The van der Waals surface area contributed by atoms with Crippen molar-refractivity contribution in [3.63, 3.8) is 0 Å². The van der Waals surface area contributed by atoms with E-state index in [-0.39, 0.29) is 13.2 Å². The van der Waals surface area contributed by atoms with Crippen LogP contribution in [0.1, 0.15) is 5.69 Å². The number of allylic oxidation sites excluding steroid dienone is 1. The zero-order valence-corrected chi connectivity index (χ0v) is 12.5. The lowest BCUT2D eigenvalue weighted by molar-refractivity contribution is 0.276. The van der Waals surface area contributed by atoms with Crippen LogP contribution in [0.3, 0.4) is 0 Å². The van der Waals surface area contributed by atoms with Gasteiger partial charge in [0.1, 0.15) is 0 Å². The van der Waals surface area contributed by atoms with Crippen molar-refractivity contribution in [1.82, 2.24) is 23.1 Å². The molecule has 0 amide bonds. The molecule has 0 fully saturated rings. The highest BCUT2D eigenvalue weighted by Gasteiger charge is 2.19. The molecule has 3 rings (SSSR count). The van der Waals surface area contributed by atoms with Gasteiger partial charge in [-0.1, -0.05) is 6.08 Å². The van der Waals surface area contributed by atoms with E-state index in [2.05, 4.69) is 11.6 Å². The molecule has 0 radical (unpaired) electrons. The second-order valence-electron chi connectivity index (χ2n) is 5.15. The van der Waals surface area contributed by atoms with Crippen molar-refractivity contribution in [2.24, 2.45) is 7.05 Å². The van der Waals surface area contributed by atoms with Crippen LogP contribution >= 0.6 is 0 Å². The van der Waals surface area contributed by atoms with Gasteiger partial charge in [-0.15, -0.1) is 6.58 Å². The second-order valence-corrected chi connectivity index (χ2v) is 5.15. The van der Waals surface area contributed by atoms with Crippen LogP contribution in [0.25, 0.3) is 16.9 Å². The van der Waals surface area contributed by atoms with Gasteiger partial charge in [-0.2, -0.15) is 4.98 Å². The Labute approximate surface area is 125 Å². The molecule has 0 aliphatic rings. The lowest BCUT2D eigenvalue weighted by atomic mass is 10.4. The quantitative estimate of drug-likeness (QED) is 0.667. The van der Waals surface area contributed by atoms with Crippen LogP contribution in [0.2, 0.25) is 0 Å². The molecule has 0 saturated carbocycles. The van der Waals surface area contributed by atoms with Crippen LogP contribution in [-0.4, -0.2) is 34.8 Å². The highest BCUT2D eigenvalue weighted by atomic mass is 16.3. The van der Waals surface area contributed by atoms with Crippen molar-refractivity contribution in [1.29, 1.82) is 0 Å². The number of imidazole rings is 2. The van der Waals surface area contributed by atoms with Crippen LogP contribution in [0.15, 0.2) is 28.4 Å². The van der Waals surface area contributed by atoms with E-state index in [4.69, 9.17) is 0 Å². The molecule has 22 heavy (non-hydrogen) atoms. The molecule has 0 unspecified atom stereocenters. The zero-order valence-electron chi connectivity index (χ0n) is 12.5. The van der Waals surface area contributed by atoms with Gasteiger partial charge in [-0.05, 0) is 6.92 Å². The van der Waals surface area contributed by atoms with E-state index in [0.29, 0.717) is 23.5 Å². The average molecular weight is 303 g/mol. The number of aliphatic hydroxyl groups excluding tert-OH is 1. The van der Waals surface area contributed by atoms with Crippen molar-refractivity contribution < 1.29 is 5.11 Å². The fourth-order valence-electron chi connectivity index (χ4n) is 2.72. The molecule has 3 aromatic rings. The number of aryl methyl sites for hydroxylation is 2. The maximum absolute atomic E-state index is 12.6. The van der Waals surface area contributed by atoms with Gasteiger partial charge in [0.2, 0.25) is 5.78 Å². The van der Waals surface area contributed by atoms with Crippen molar-refractivity contribution in [2.75, 3.05) is 6.61 Å². The lowest BCUT2D eigenvalue weighted by Crippen LogP contribution is -2.39. The molecular formula is C14H17N5O3.